The maximum absolute atomic E-state index is 14.7. The van der Waals surface area contributed by atoms with Gasteiger partial charge in [-0.1, -0.05) is 13.2 Å². The molecule has 0 radical (unpaired) electrons. The molecule has 60 heavy (non-hydrogen) atoms. The third-order valence-electron chi connectivity index (χ3n) is 11.9. The van der Waals surface area contributed by atoms with Gasteiger partial charge in [-0.3, -0.25) is 14.4 Å². The Morgan fingerprint density at radius 2 is 1.63 bits per heavy atom. The van der Waals surface area contributed by atoms with Gasteiger partial charge in [-0.2, -0.15) is 0 Å². The fourth-order valence-electron chi connectivity index (χ4n) is 8.44. The van der Waals surface area contributed by atoms with Crippen LogP contribution in [-0.4, -0.2) is 130 Å². The van der Waals surface area contributed by atoms with Crippen LogP contribution in [0.3, 0.4) is 0 Å². The summed E-state index contributed by atoms with van der Waals surface area (Å²) in [6.07, 6.45) is 6.82. The lowest BCUT2D eigenvalue weighted by molar-refractivity contribution is -0.131. The van der Waals surface area contributed by atoms with Crippen molar-refractivity contribution in [3.8, 4) is 11.3 Å². The van der Waals surface area contributed by atoms with Crippen LogP contribution in [0.1, 0.15) is 76.6 Å². The number of anilines is 2. The molecular formula is C41H51F4N11O4. The molecule has 3 aliphatic rings. The first-order valence-corrected chi connectivity index (χ1v) is 20.0. The normalized spacial score (nSPS) is 19.9. The Hall–Kier alpha value is -5.59. The van der Waals surface area contributed by atoms with Crippen molar-refractivity contribution < 1.29 is 37.1 Å². The number of alkyl halides is 4. The minimum Gasteiger partial charge on any atom is -0.388 e. The van der Waals surface area contributed by atoms with Crippen molar-refractivity contribution in [2.75, 3.05) is 49.5 Å². The smallest absolute Gasteiger partial charge is 0.262 e. The molecule has 0 spiro atoms. The molecule has 2 aliphatic heterocycles. The van der Waals surface area contributed by atoms with Crippen molar-refractivity contribution in [1.82, 2.24) is 44.6 Å². The van der Waals surface area contributed by atoms with Crippen molar-refractivity contribution >= 4 is 51.7 Å². The van der Waals surface area contributed by atoms with Gasteiger partial charge in [0.1, 0.15) is 22.5 Å². The molecule has 7 rings (SSSR count). The van der Waals surface area contributed by atoms with Gasteiger partial charge in [0.05, 0.1) is 29.4 Å². The van der Waals surface area contributed by atoms with Crippen molar-refractivity contribution in [2.45, 2.75) is 101 Å². The highest BCUT2D eigenvalue weighted by atomic mass is 19.3. The number of hydrogen-bond donors (Lipinski definition) is 4. The zero-order valence-corrected chi connectivity index (χ0v) is 34.3. The number of piperidine rings is 1. The lowest BCUT2D eigenvalue weighted by atomic mass is 9.82. The van der Waals surface area contributed by atoms with Crippen LogP contribution >= 0.6 is 0 Å². The topological polar surface area (TPSA) is 178 Å². The van der Waals surface area contributed by atoms with E-state index in [1.165, 1.54) is 35.3 Å². The summed E-state index contributed by atoms with van der Waals surface area (Å²) in [4.78, 5) is 66.7. The minimum atomic E-state index is -3.13. The first kappa shape index (κ1) is 42.5. The van der Waals surface area contributed by atoms with Gasteiger partial charge in [-0.15, -0.1) is 0 Å². The number of aliphatic hydroxyl groups is 1. The molecule has 2 saturated heterocycles. The predicted molar refractivity (Wildman–Crippen MR) is 218 cm³/mol. The molecule has 0 bridgehead atoms. The van der Waals surface area contributed by atoms with E-state index in [1.807, 2.05) is 25.7 Å². The second kappa shape index (κ2) is 15.5. The van der Waals surface area contributed by atoms with E-state index >= 15 is 0 Å². The number of hydrogen-bond acceptors (Lipinski definition) is 10. The molecule has 322 valence electrons. The molecule has 1 aliphatic carbocycles. The number of carbonyl (C=O) groups is 3. The van der Waals surface area contributed by atoms with E-state index in [2.05, 4.69) is 33.8 Å². The van der Waals surface area contributed by atoms with Crippen LogP contribution in [-0.2, 0) is 16.1 Å². The van der Waals surface area contributed by atoms with Crippen LogP contribution in [0.5, 0.6) is 0 Å². The minimum absolute atomic E-state index is 0.0863. The molecule has 15 nitrogen and oxygen atoms in total. The highest BCUT2D eigenvalue weighted by Gasteiger charge is 2.43. The van der Waals surface area contributed by atoms with E-state index < -0.39 is 53.8 Å². The number of piperazine rings is 1. The Kier molecular flexibility index (Phi) is 11.0. The number of aromatic amines is 1. The second-order valence-corrected chi connectivity index (χ2v) is 17.4. The fraction of sp³-hybridized carbons (Fsp3) is 0.537. The van der Waals surface area contributed by atoms with Gasteiger partial charge in [0.15, 0.2) is 17.1 Å². The van der Waals surface area contributed by atoms with E-state index in [9.17, 15) is 37.1 Å². The average Bonchev–Trinajstić information content (AvgIpc) is 3.77. The number of nitrogens with one attached hydrogen (secondary N) is 3. The molecule has 1 saturated carbocycles. The molecule has 0 atom stereocenters. The second-order valence-electron chi connectivity index (χ2n) is 17.4. The van der Waals surface area contributed by atoms with Crippen molar-refractivity contribution in [2.24, 2.45) is 0 Å². The van der Waals surface area contributed by atoms with Gasteiger partial charge in [0, 0.05) is 82.5 Å². The molecule has 0 unspecified atom stereocenters. The number of nitrogens with zero attached hydrogens (tertiary/aromatic N) is 8. The maximum atomic E-state index is 14.7. The summed E-state index contributed by atoms with van der Waals surface area (Å²) >= 11 is 0. The lowest BCUT2D eigenvalue weighted by Crippen LogP contribution is -2.61. The summed E-state index contributed by atoms with van der Waals surface area (Å²) in [6, 6.07) is 0. The molecule has 3 fully saturated rings. The Bertz CT molecular complexity index is 2330. The highest BCUT2D eigenvalue weighted by molar-refractivity contribution is 6.06. The summed E-state index contributed by atoms with van der Waals surface area (Å²) in [6.45, 7) is 14.7. The Morgan fingerprint density at radius 3 is 2.27 bits per heavy atom. The van der Waals surface area contributed by atoms with Crippen LogP contribution in [0, 0.1) is 0 Å². The number of rotatable bonds is 11. The number of halogens is 4. The molecule has 19 heteroatoms. The maximum Gasteiger partial charge on any atom is 0.262 e. The van der Waals surface area contributed by atoms with Gasteiger partial charge < -0.3 is 40.0 Å². The quantitative estimate of drug-likeness (QED) is 0.115. The highest BCUT2D eigenvalue weighted by Crippen LogP contribution is 2.40. The Labute approximate surface area is 344 Å². The number of likely N-dealkylation sites (tertiary alicyclic amines) is 1. The summed E-state index contributed by atoms with van der Waals surface area (Å²) in [7, 11) is 0. The van der Waals surface area contributed by atoms with Crippen LogP contribution < -0.4 is 15.5 Å². The largest absolute Gasteiger partial charge is 0.388 e. The van der Waals surface area contributed by atoms with Crippen LogP contribution in [0.2, 0.25) is 0 Å². The zero-order chi connectivity index (χ0) is 43.4. The van der Waals surface area contributed by atoms with E-state index in [-0.39, 0.29) is 90.2 Å². The van der Waals surface area contributed by atoms with E-state index in [1.54, 1.807) is 9.80 Å². The summed E-state index contributed by atoms with van der Waals surface area (Å²) < 4.78 is 58.5. The van der Waals surface area contributed by atoms with Crippen molar-refractivity contribution in [1.29, 1.82) is 0 Å². The molecule has 6 heterocycles. The van der Waals surface area contributed by atoms with Crippen molar-refractivity contribution in [3.05, 3.63) is 49.5 Å². The van der Waals surface area contributed by atoms with Gasteiger partial charge in [-0.05, 0) is 58.6 Å². The lowest BCUT2D eigenvalue weighted by Gasteiger charge is -2.47. The third-order valence-corrected chi connectivity index (χ3v) is 11.9. The van der Waals surface area contributed by atoms with Crippen molar-refractivity contribution in [3.63, 3.8) is 0 Å². The molecule has 3 amide bonds. The van der Waals surface area contributed by atoms with Gasteiger partial charge in [-0.25, -0.2) is 37.5 Å². The first-order valence-electron chi connectivity index (χ1n) is 20.0. The Morgan fingerprint density at radius 1 is 0.950 bits per heavy atom. The van der Waals surface area contributed by atoms with Crippen LogP contribution in [0.4, 0.5) is 29.2 Å². The SMILES string of the molecule is C=CC(=O)N1CCC(C)(Nc2cnc3c(n2)c(-c2nc4[nH]cc(C(=O)NCC5(O)CCC(F)(F)CC5)c4nc2N2CCN(C(=O)C=C)C(C)(C)C2)cn3CC(C)(F)F)CC1. The summed E-state index contributed by atoms with van der Waals surface area (Å²) in [5.41, 5.74) is -1.24. The van der Waals surface area contributed by atoms with Gasteiger partial charge in [0.25, 0.3) is 11.8 Å². The standard InChI is InChI=1S/C41H51F4N11O4/c1-7-28(57)53-15-13-38(5,14-16-53)52-27-20-47-34-31(49-27)26(21-55(34)24-39(6,42)43)32-35(54-17-18-56(29(58)8-2)37(3,4)23-54)51-30-25(19-46-33(30)50-32)36(59)48-22-40(60)9-11-41(44,45)12-10-40/h7-8,19-21,60H,1-2,9-18,22-24H2,3-6H3,(H,46,50)(H,48,59)(H,49,52). The van der Waals surface area contributed by atoms with Gasteiger partial charge >= 0.3 is 0 Å². The number of carbonyl (C=O) groups excluding carboxylic acids is 3. The number of aromatic nitrogens is 6. The number of H-pyrrole nitrogens is 1. The molecule has 0 aromatic carbocycles. The predicted octanol–water partition coefficient (Wildman–Crippen LogP) is 5.29. The monoisotopic (exact) mass is 837 g/mol. The number of fused-ring (bicyclic) bond motifs is 2. The van der Waals surface area contributed by atoms with E-state index in [0.29, 0.717) is 37.3 Å². The fourth-order valence-corrected chi connectivity index (χ4v) is 8.44. The van der Waals surface area contributed by atoms with E-state index in [0.717, 1.165) is 6.92 Å². The van der Waals surface area contributed by atoms with Crippen LogP contribution in [0.25, 0.3) is 33.6 Å². The molecule has 4 N–H and O–H groups in total. The average molecular weight is 838 g/mol. The van der Waals surface area contributed by atoms with Crippen LogP contribution in [0.15, 0.2) is 43.9 Å². The summed E-state index contributed by atoms with van der Waals surface area (Å²) in [5.74, 6) is -6.34. The Balaban J connectivity index is 1.31. The molecule has 4 aromatic heterocycles. The molecule has 4 aromatic rings. The first-order chi connectivity index (χ1) is 28.1. The third kappa shape index (κ3) is 8.67. The number of amides is 3. The molecular weight excluding hydrogens is 787 g/mol. The van der Waals surface area contributed by atoms with E-state index in [4.69, 9.17) is 15.0 Å². The van der Waals surface area contributed by atoms with Gasteiger partial charge in [0.2, 0.25) is 17.7 Å². The summed E-state index contributed by atoms with van der Waals surface area (Å²) in [5, 5.41) is 17.1. The zero-order valence-electron chi connectivity index (χ0n) is 34.3.